The number of nitrogens with one attached hydrogen (secondary N) is 1. The van der Waals surface area contributed by atoms with Crippen LogP contribution in [0.3, 0.4) is 0 Å². The van der Waals surface area contributed by atoms with Gasteiger partial charge >= 0.3 is 0 Å². The van der Waals surface area contributed by atoms with Gasteiger partial charge < -0.3 is 4.74 Å². The molecule has 7 nitrogen and oxygen atoms in total. The fraction of sp³-hybridized carbons (Fsp3) is 0.0667. The van der Waals surface area contributed by atoms with E-state index in [1.54, 1.807) is 18.2 Å². The van der Waals surface area contributed by atoms with Gasteiger partial charge in [0.05, 0.1) is 21.8 Å². The van der Waals surface area contributed by atoms with Crippen molar-refractivity contribution in [3.05, 3.63) is 66.2 Å². The van der Waals surface area contributed by atoms with E-state index in [0.29, 0.717) is 16.9 Å². The number of amides is 1. The molecule has 2 aromatic carbocycles. The van der Waals surface area contributed by atoms with Crippen molar-refractivity contribution in [3.8, 4) is 5.75 Å². The molecule has 0 bridgehead atoms. The second kappa shape index (κ2) is 8.06. The summed E-state index contributed by atoms with van der Waals surface area (Å²) in [4.78, 5) is 22.3. The Morgan fingerprint density at radius 3 is 2.79 bits per heavy atom. The lowest BCUT2D eigenvalue weighted by molar-refractivity contribution is -0.384. The van der Waals surface area contributed by atoms with E-state index < -0.39 is 10.8 Å². The molecule has 0 fully saturated rings. The number of hydrazone groups is 1. The van der Waals surface area contributed by atoms with Gasteiger partial charge in [-0.15, -0.1) is 0 Å². The van der Waals surface area contributed by atoms with Gasteiger partial charge in [0.25, 0.3) is 11.6 Å². The molecule has 0 atom stereocenters. The van der Waals surface area contributed by atoms with E-state index in [1.807, 2.05) is 0 Å². The summed E-state index contributed by atoms with van der Waals surface area (Å²) >= 11 is 8.04. The fourth-order valence-corrected chi connectivity index (χ4v) is 2.49. The molecule has 0 unspecified atom stereocenters. The first-order valence-electron chi connectivity index (χ1n) is 6.53. The van der Waals surface area contributed by atoms with Crippen molar-refractivity contribution in [2.45, 2.75) is 0 Å². The maximum atomic E-state index is 12.1. The summed E-state index contributed by atoms with van der Waals surface area (Å²) < 4.78 is 6.03. The molecule has 0 aromatic heterocycles. The van der Waals surface area contributed by atoms with Gasteiger partial charge in [0.15, 0.2) is 0 Å². The quantitative estimate of drug-likeness (QED) is 0.320. The Morgan fingerprint density at radius 2 is 2.12 bits per heavy atom. The summed E-state index contributed by atoms with van der Waals surface area (Å²) in [7, 11) is 1.52. The Bertz CT molecular complexity index is 826. The predicted molar refractivity (Wildman–Crippen MR) is 98.9 cm³/mol. The van der Waals surface area contributed by atoms with Crippen LogP contribution in [0.2, 0.25) is 5.02 Å². The summed E-state index contributed by atoms with van der Waals surface area (Å²) in [6.07, 6.45) is 1.25. The maximum Gasteiger partial charge on any atom is 0.271 e. The maximum absolute atomic E-state index is 12.1. The molecule has 0 aliphatic rings. The van der Waals surface area contributed by atoms with Gasteiger partial charge in [-0.25, -0.2) is 5.43 Å². The zero-order chi connectivity index (χ0) is 17.7. The van der Waals surface area contributed by atoms with Crippen molar-refractivity contribution in [1.82, 2.24) is 5.43 Å². The molecule has 0 spiro atoms. The zero-order valence-corrected chi connectivity index (χ0v) is 15.2. The molecule has 2 rings (SSSR count). The van der Waals surface area contributed by atoms with Crippen molar-refractivity contribution < 1.29 is 14.5 Å². The Labute approximate surface area is 155 Å². The minimum absolute atomic E-state index is 0.116. The number of halogens is 2. The van der Waals surface area contributed by atoms with E-state index in [2.05, 4.69) is 33.1 Å². The number of carbonyl (C=O) groups is 1. The highest BCUT2D eigenvalue weighted by molar-refractivity contribution is 14.1. The number of nitrogens with zero attached hydrogens (tertiary/aromatic N) is 2. The first kappa shape index (κ1) is 18.1. The predicted octanol–water partition coefficient (Wildman–Crippen LogP) is 3.63. The van der Waals surface area contributed by atoms with Crippen molar-refractivity contribution in [2.24, 2.45) is 5.10 Å². The van der Waals surface area contributed by atoms with E-state index in [1.165, 1.54) is 31.5 Å². The molecule has 0 radical (unpaired) electrons. The molecular weight excluding hydrogens is 449 g/mol. The standard InChI is InChI=1S/C15H11ClIN3O4/c1-24-14-7-9(2-5-13(14)17)15(21)19-18-8-10-6-11(20(22)23)3-4-12(10)16/h2-8H,1H3,(H,19,21)/b18-8-. The Balaban J connectivity index is 2.13. The molecule has 0 heterocycles. The molecule has 0 saturated carbocycles. The molecule has 24 heavy (non-hydrogen) atoms. The number of methoxy groups -OCH3 is 1. The number of nitro benzene ring substituents is 1. The lowest BCUT2D eigenvalue weighted by Crippen LogP contribution is -2.17. The van der Waals surface area contributed by atoms with E-state index in [-0.39, 0.29) is 10.7 Å². The average molecular weight is 460 g/mol. The third-order valence-corrected chi connectivity index (χ3v) is 4.21. The van der Waals surface area contributed by atoms with Gasteiger partial charge in [-0.1, -0.05) is 11.6 Å². The highest BCUT2D eigenvalue weighted by Gasteiger charge is 2.10. The molecule has 0 aliphatic carbocycles. The number of carbonyl (C=O) groups excluding carboxylic acids is 1. The Kier molecular flexibility index (Phi) is 6.10. The Hall–Kier alpha value is -2.20. The van der Waals surface area contributed by atoms with Crippen LogP contribution in [0.4, 0.5) is 5.69 Å². The van der Waals surface area contributed by atoms with Crippen molar-refractivity contribution in [2.75, 3.05) is 7.11 Å². The van der Waals surface area contributed by atoms with Crippen LogP contribution in [-0.2, 0) is 0 Å². The zero-order valence-electron chi connectivity index (χ0n) is 12.3. The summed E-state index contributed by atoms with van der Waals surface area (Å²) in [5.74, 6) is 0.136. The number of ether oxygens (including phenoxy) is 1. The first-order valence-corrected chi connectivity index (χ1v) is 7.99. The second-order valence-corrected chi connectivity index (χ2v) is 6.08. The fourth-order valence-electron chi connectivity index (χ4n) is 1.77. The largest absolute Gasteiger partial charge is 0.496 e. The van der Waals surface area contributed by atoms with Gasteiger partial charge in [-0.2, -0.15) is 5.10 Å². The van der Waals surface area contributed by atoms with Gasteiger partial charge in [0, 0.05) is 28.3 Å². The van der Waals surface area contributed by atoms with Crippen LogP contribution in [0.1, 0.15) is 15.9 Å². The number of hydrogen-bond acceptors (Lipinski definition) is 5. The third-order valence-electron chi connectivity index (χ3n) is 2.97. The molecular formula is C15H11ClIN3O4. The SMILES string of the molecule is COc1cc(C(=O)N/N=C\c2cc([N+](=O)[O-])ccc2Cl)ccc1I. The summed E-state index contributed by atoms with van der Waals surface area (Å²) in [6.45, 7) is 0. The van der Waals surface area contributed by atoms with Crippen LogP contribution in [0, 0.1) is 13.7 Å². The monoisotopic (exact) mass is 459 g/mol. The number of nitro groups is 1. The minimum Gasteiger partial charge on any atom is -0.496 e. The first-order chi connectivity index (χ1) is 11.4. The molecule has 2 aromatic rings. The Morgan fingerprint density at radius 1 is 1.38 bits per heavy atom. The van der Waals surface area contributed by atoms with Crippen LogP contribution in [0.25, 0.3) is 0 Å². The van der Waals surface area contributed by atoms with Crippen molar-refractivity contribution >= 4 is 52.0 Å². The number of benzene rings is 2. The molecule has 9 heteroatoms. The van der Waals surface area contributed by atoms with Gasteiger partial charge in [0.1, 0.15) is 5.75 Å². The van der Waals surface area contributed by atoms with Crippen LogP contribution in [-0.4, -0.2) is 24.2 Å². The number of hydrogen-bond donors (Lipinski definition) is 1. The molecule has 1 N–H and O–H groups in total. The van der Waals surface area contributed by atoms with Gasteiger partial charge in [-0.3, -0.25) is 14.9 Å². The van der Waals surface area contributed by atoms with E-state index in [4.69, 9.17) is 16.3 Å². The molecule has 0 aliphatic heterocycles. The lowest BCUT2D eigenvalue weighted by atomic mass is 10.2. The van der Waals surface area contributed by atoms with Gasteiger partial charge in [0.2, 0.25) is 0 Å². The number of non-ortho nitro benzene ring substituents is 1. The van der Waals surface area contributed by atoms with Crippen molar-refractivity contribution in [3.63, 3.8) is 0 Å². The smallest absolute Gasteiger partial charge is 0.271 e. The number of rotatable bonds is 5. The molecule has 124 valence electrons. The highest BCUT2D eigenvalue weighted by atomic mass is 127. The van der Waals surface area contributed by atoms with Crippen LogP contribution < -0.4 is 10.2 Å². The van der Waals surface area contributed by atoms with Crippen LogP contribution in [0.5, 0.6) is 5.75 Å². The lowest BCUT2D eigenvalue weighted by Gasteiger charge is -2.05. The van der Waals surface area contributed by atoms with Gasteiger partial charge in [-0.05, 0) is 46.9 Å². The summed E-state index contributed by atoms with van der Waals surface area (Å²) in [6, 6.07) is 8.92. The molecule has 1 amide bonds. The summed E-state index contributed by atoms with van der Waals surface area (Å²) in [5, 5.41) is 14.8. The van der Waals surface area contributed by atoms with Crippen LogP contribution in [0.15, 0.2) is 41.5 Å². The van der Waals surface area contributed by atoms with E-state index in [9.17, 15) is 14.9 Å². The normalized spacial score (nSPS) is 10.6. The third kappa shape index (κ3) is 4.42. The second-order valence-electron chi connectivity index (χ2n) is 4.51. The highest BCUT2D eigenvalue weighted by Crippen LogP contribution is 2.22. The minimum atomic E-state index is -0.538. The summed E-state index contributed by atoms with van der Waals surface area (Å²) in [5.41, 5.74) is 2.92. The topological polar surface area (TPSA) is 93.8 Å². The van der Waals surface area contributed by atoms with Crippen LogP contribution >= 0.6 is 34.2 Å². The van der Waals surface area contributed by atoms with E-state index >= 15 is 0 Å². The van der Waals surface area contributed by atoms with Crippen molar-refractivity contribution in [1.29, 1.82) is 0 Å². The average Bonchev–Trinajstić information content (AvgIpc) is 2.56. The van der Waals surface area contributed by atoms with E-state index in [0.717, 1.165) is 3.57 Å². The molecule has 0 saturated heterocycles.